The number of morpholine rings is 1. The molecule has 4 heteroatoms. The van der Waals surface area contributed by atoms with Gasteiger partial charge < -0.3 is 14.6 Å². The lowest BCUT2D eigenvalue weighted by atomic mass is 10.1. The Labute approximate surface area is 127 Å². The SMILES string of the molecule is Cc1ccc(C)c(OCC(O)CN2CCOC(C)(C)C2)c1. The molecular weight excluding hydrogens is 266 g/mol. The van der Waals surface area contributed by atoms with E-state index in [-0.39, 0.29) is 5.60 Å². The molecule has 1 fully saturated rings. The zero-order chi connectivity index (χ0) is 15.5. The van der Waals surface area contributed by atoms with Crippen molar-refractivity contribution < 1.29 is 14.6 Å². The van der Waals surface area contributed by atoms with Crippen molar-refractivity contribution in [3.8, 4) is 5.75 Å². The van der Waals surface area contributed by atoms with Crippen molar-refractivity contribution in [2.24, 2.45) is 0 Å². The van der Waals surface area contributed by atoms with Crippen molar-refractivity contribution >= 4 is 0 Å². The summed E-state index contributed by atoms with van der Waals surface area (Å²) in [6.07, 6.45) is -0.487. The fraction of sp³-hybridized carbons (Fsp3) is 0.647. The first-order valence-electron chi connectivity index (χ1n) is 7.60. The van der Waals surface area contributed by atoms with Crippen LogP contribution in [-0.2, 0) is 4.74 Å². The van der Waals surface area contributed by atoms with Crippen molar-refractivity contribution in [2.75, 3.05) is 32.8 Å². The van der Waals surface area contributed by atoms with Gasteiger partial charge in [-0.25, -0.2) is 0 Å². The van der Waals surface area contributed by atoms with Crippen LogP contribution in [0.15, 0.2) is 18.2 Å². The number of aliphatic hydroxyl groups is 1. The molecule has 0 spiro atoms. The second-order valence-electron chi connectivity index (χ2n) is 6.58. The highest BCUT2D eigenvalue weighted by Gasteiger charge is 2.28. The van der Waals surface area contributed by atoms with Gasteiger partial charge in [0.05, 0.1) is 12.2 Å². The lowest BCUT2D eigenvalue weighted by Gasteiger charge is -2.38. The summed E-state index contributed by atoms with van der Waals surface area (Å²) in [5.74, 6) is 0.858. The third-order valence-electron chi connectivity index (χ3n) is 3.75. The van der Waals surface area contributed by atoms with E-state index in [1.165, 1.54) is 5.56 Å². The monoisotopic (exact) mass is 293 g/mol. The molecule has 0 saturated carbocycles. The zero-order valence-corrected chi connectivity index (χ0v) is 13.6. The fourth-order valence-corrected chi connectivity index (χ4v) is 2.67. The van der Waals surface area contributed by atoms with E-state index < -0.39 is 6.10 Å². The van der Waals surface area contributed by atoms with Gasteiger partial charge in [-0.1, -0.05) is 12.1 Å². The predicted octanol–water partition coefficient (Wildman–Crippen LogP) is 2.15. The standard InChI is InChI=1S/C17H27NO3/c1-13-5-6-14(2)16(9-13)20-11-15(19)10-18-7-8-21-17(3,4)12-18/h5-6,9,15,19H,7-8,10-12H2,1-4H3. The van der Waals surface area contributed by atoms with E-state index in [9.17, 15) is 5.11 Å². The molecule has 1 unspecified atom stereocenters. The maximum atomic E-state index is 10.2. The van der Waals surface area contributed by atoms with Gasteiger partial charge >= 0.3 is 0 Å². The fourth-order valence-electron chi connectivity index (χ4n) is 2.67. The van der Waals surface area contributed by atoms with Crippen LogP contribution in [0.3, 0.4) is 0 Å². The normalized spacial score (nSPS) is 20.2. The number of aryl methyl sites for hydroxylation is 2. The summed E-state index contributed by atoms with van der Waals surface area (Å²) in [5.41, 5.74) is 2.13. The summed E-state index contributed by atoms with van der Waals surface area (Å²) in [6, 6.07) is 6.12. The molecule has 4 nitrogen and oxygen atoms in total. The number of β-amino-alcohol motifs (C(OH)–C–C–N with tert-alkyl or cyclic N) is 1. The molecule has 1 N–H and O–H groups in total. The largest absolute Gasteiger partial charge is 0.491 e. The van der Waals surface area contributed by atoms with Crippen molar-refractivity contribution in [2.45, 2.75) is 39.4 Å². The molecule has 1 aliphatic rings. The number of ether oxygens (including phenoxy) is 2. The lowest BCUT2D eigenvalue weighted by molar-refractivity contribution is -0.0947. The second-order valence-corrected chi connectivity index (χ2v) is 6.58. The van der Waals surface area contributed by atoms with Crippen LogP contribution < -0.4 is 4.74 Å². The van der Waals surface area contributed by atoms with E-state index in [1.807, 2.05) is 26.0 Å². The molecule has 2 rings (SSSR count). The highest BCUT2D eigenvalue weighted by Crippen LogP contribution is 2.20. The van der Waals surface area contributed by atoms with E-state index in [4.69, 9.17) is 9.47 Å². The van der Waals surface area contributed by atoms with E-state index in [2.05, 4.69) is 24.8 Å². The third kappa shape index (κ3) is 4.99. The Morgan fingerprint density at radius 3 is 2.86 bits per heavy atom. The van der Waals surface area contributed by atoms with Gasteiger partial charge in [0.2, 0.25) is 0 Å². The smallest absolute Gasteiger partial charge is 0.122 e. The number of hydrogen-bond donors (Lipinski definition) is 1. The molecular formula is C17H27NO3. The summed E-state index contributed by atoms with van der Waals surface area (Å²) >= 11 is 0. The van der Waals surface area contributed by atoms with Crippen LogP contribution >= 0.6 is 0 Å². The highest BCUT2D eigenvalue weighted by atomic mass is 16.5. The molecule has 1 atom stereocenters. The van der Waals surface area contributed by atoms with Gasteiger partial charge in [-0.2, -0.15) is 0 Å². The molecule has 1 aromatic rings. The van der Waals surface area contributed by atoms with E-state index in [0.717, 1.165) is 31.0 Å². The van der Waals surface area contributed by atoms with Crippen LogP contribution in [-0.4, -0.2) is 54.6 Å². The Morgan fingerprint density at radius 1 is 1.38 bits per heavy atom. The number of benzene rings is 1. The first-order chi connectivity index (χ1) is 9.85. The predicted molar refractivity (Wildman–Crippen MR) is 83.9 cm³/mol. The molecule has 0 radical (unpaired) electrons. The first kappa shape index (κ1) is 16.3. The first-order valence-corrected chi connectivity index (χ1v) is 7.60. The van der Waals surface area contributed by atoms with Gasteiger partial charge in [-0.3, -0.25) is 4.90 Å². The topological polar surface area (TPSA) is 41.9 Å². The summed E-state index contributed by atoms with van der Waals surface area (Å²) in [6.45, 7) is 11.6. The maximum Gasteiger partial charge on any atom is 0.122 e. The van der Waals surface area contributed by atoms with E-state index in [0.29, 0.717) is 13.2 Å². The van der Waals surface area contributed by atoms with Gasteiger partial charge in [0, 0.05) is 19.6 Å². The molecule has 1 aromatic carbocycles. The Bertz CT molecular complexity index is 473. The number of aliphatic hydroxyl groups excluding tert-OH is 1. The van der Waals surface area contributed by atoms with Crippen LogP contribution in [0, 0.1) is 13.8 Å². The number of rotatable bonds is 5. The average Bonchev–Trinajstić information content (AvgIpc) is 2.38. The molecule has 0 aromatic heterocycles. The van der Waals surface area contributed by atoms with Crippen molar-refractivity contribution in [1.29, 1.82) is 0 Å². The summed E-state index contributed by atoms with van der Waals surface area (Å²) in [7, 11) is 0. The Balaban J connectivity index is 1.82. The molecule has 1 heterocycles. The molecule has 1 aliphatic heterocycles. The van der Waals surface area contributed by atoms with E-state index in [1.54, 1.807) is 0 Å². The van der Waals surface area contributed by atoms with Crippen LogP contribution in [0.2, 0.25) is 0 Å². The van der Waals surface area contributed by atoms with Crippen LogP contribution in [0.25, 0.3) is 0 Å². The minimum absolute atomic E-state index is 0.133. The number of hydrogen-bond acceptors (Lipinski definition) is 4. The van der Waals surface area contributed by atoms with Gasteiger partial charge in [-0.15, -0.1) is 0 Å². The van der Waals surface area contributed by atoms with Crippen molar-refractivity contribution in [1.82, 2.24) is 4.90 Å². The van der Waals surface area contributed by atoms with Crippen LogP contribution in [0.5, 0.6) is 5.75 Å². The van der Waals surface area contributed by atoms with Crippen molar-refractivity contribution in [3.63, 3.8) is 0 Å². The number of nitrogens with zero attached hydrogens (tertiary/aromatic N) is 1. The molecule has 0 aliphatic carbocycles. The molecule has 21 heavy (non-hydrogen) atoms. The van der Waals surface area contributed by atoms with Crippen LogP contribution in [0.4, 0.5) is 0 Å². The minimum atomic E-state index is -0.487. The Morgan fingerprint density at radius 2 is 2.14 bits per heavy atom. The third-order valence-corrected chi connectivity index (χ3v) is 3.75. The van der Waals surface area contributed by atoms with Gasteiger partial charge in [0.25, 0.3) is 0 Å². The van der Waals surface area contributed by atoms with E-state index >= 15 is 0 Å². The minimum Gasteiger partial charge on any atom is -0.491 e. The van der Waals surface area contributed by atoms with Crippen LogP contribution in [0.1, 0.15) is 25.0 Å². The Hall–Kier alpha value is -1.10. The summed E-state index contributed by atoms with van der Waals surface area (Å²) in [4.78, 5) is 2.24. The summed E-state index contributed by atoms with van der Waals surface area (Å²) in [5, 5.41) is 10.2. The average molecular weight is 293 g/mol. The molecule has 1 saturated heterocycles. The second kappa shape index (κ2) is 6.77. The molecule has 0 bridgehead atoms. The molecule has 0 amide bonds. The van der Waals surface area contributed by atoms with Gasteiger partial charge in [-0.05, 0) is 44.9 Å². The Kier molecular flexibility index (Phi) is 5.25. The quantitative estimate of drug-likeness (QED) is 0.903. The van der Waals surface area contributed by atoms with Gasteiger partial charge in [0.15, 0.2) is 0 Å². The highest BCUT2D eigenvalue weighted by molar-refractivity contribution is 5.35. The molecule has 118 valence electrons. The lowest BCUT2D eigenvalue weighted by Crippen LogP contribution is -2.50. The van der Waals surface area contributed by atoms with Crippen molar-refractivity contribution in [3.05, 3.63) is 29.3 Å². The summed E-state index contributed by atoms with van der Waals surface area (Å²) < 4.78 is 11.4. The zero-order valence-electron chi connectivity index (χ0n) is 13.6. The van der Waals surface area contributed by atoms with Gasteiger partial charge in [0.1, 0.15) is 18.5 Å². The maximum absolute atomic E-state index is 10.2.